The van der Waals surface area contributed by atoms with Crippen LogP contribution in [0.1, 0.15) is 30.9 Å². The molecule has 2 aromatic heterocycles. The summed E-state index contributed by atoms with van der Waals surface area (Å²) in [7, 11) is 0. The van der Waals surface area contributed by atoms with Gasteiger partial charge in [0.1, 0.15) is 5.82 Å². The third-order valence-corrected chi connectivity index (χ3v) is 4.25. The summed E-state index contributed by atoms with van der Waals surface area (Å²) in [6.45, 7) is 6.19. The first kappa shape index (κ1) is 11.5. The lowest BCUT2D eigenvalue weighted by atomic mass is 10.0. The summed E-state index contributed by atoms with van der Waals surface area (Å²) in [5.74, 6) is 0.888. The van der Waals surface area contributed by atoms with E-state index in [4.69, 9.17) is 17.3 Å². The topological polar surface area (TPSA) is 54.7 Å². The van der Waals surface area contributed by atoms with Crippen LogP contribution in [0, 0.1) is 6.92 Å². The number of rotatable bonds is 2. The van der Waals surface area contributed by atoms with Crippen molar-refractivity contribution in [2.75, 3.05) is 5.73 Å². The molecule has 5 heteroatoms. The standard InChI is InChI=1S/C11H14ClN3S/c1-5(2)7-9(14-15-11(7)13)10-8(12)6(3)4-16-10/h4-5H,1-3H3,(H3,13,14,15). The maximum atomic E-state index is 6.25. The fourth-order valence-corrected chi connectivity index (χ4v) is 3.02. The second-order valence-corrected chi connectivity index (χ2v) is 5.37. The number of nitrogen functional groups attached to an aromatic ring is 1. The number of nitrogens with zero attached hydrogens (tertiary/aromatic N) is 1. The van der Waals surface area contributed by atoms with Crippen LogP contribution in [0.15, 0.2) is 5.38 Å². The molecule has 2 heterocycles. The summed E-state index contributed by atoms with van der Waals surface area (Å²) >= 11 is 7.87. The van der Waals surface area contributed by atoms with E-state index in [1.807, 2.05) is 12.3 Å². The molecule has 2 aromatic rings. The van der Waals surface area contributed by atoms with Gasteiger partial charge in [-0.05, 0) is 23.8 Å². The molecule has 0 bridgehead atoms. The summed E-state index contributed by atoms with van der Waals surface area (Å²) in [6.07, 6.45) is 0. The molecule has 0 amide bonds. The smallest absolute Gasteiger partial charge is 0.149 e. The lowest BCUT2D eigenvalue weighted by molar-refractivity contribution is 0.873. The maximum absolute atomic E-state index is 6.25. The van der Waals surface area contributed by atoms with Crippen LogP contribution in [0.2, 0.25) is 5.02 Å². The Morgan fingerprint density at radius 1 is 1.50 bits per heavy atom. The van der Waals surface area contributed by atoms with E-state index in [0.29, 0.717) is 11.7 Å². The number of halogens is 1. The lowest BCUT2D eigenvalue weighted by Crippen LogP contribution is -1.94. The first-order valence-electron chi connectivity index (χ1n) is 5.10. The number of anilines is 1. The highest BCUT2D eigenvalue weighted by atomic mass is 35.5. The second-order valence-electron chi connectivity index (χ2n) is 4.11. The molecule has 0 radical (unpaired) electrons. The van der Waals surface area contributed by atoms with Crippen molar-refractivity contribution in [2.24, 2.45) is 0 Å². The summed E-state index contributed by atoms with van der Waals surface area (Å²) in [5.41, 5.74) is 8.94. The second kappa shape index (κ2) is 4.11. The quantitative estimate of drug-likeness (QED) is 0.858. The molecule has 16 heavy (non-hydrogen) atoms. The SMILES string of the molecule is Cc1csc(-c2[nH]nc(N)c2C(C)C)c1Cl. The molecular formula is C11H14ClN3S. The first-order chi connectivity index (χ1) is 7.52. The van der Waals surface area contributed by atoms with Gasteiger partial charge in [-0.15, -0.1) is 11.3 Å². The van der Waals surface area contributed by atoms with Gasteiger partial charge in [0.15, 0.2) is 0 Å². The molecule has 3 nitrogen and oxygen atoms in total. The molecule has 86 valence electrons. The molecule has 0 aliphatic rings. The Hall–Kier alpha value is -1.00. The minimum Gasteiger partial charge on any atom is -0.382 e. The summed E-state index contributed by atoms with van der Waals surface area (Å²) < 4.78 is 0. The highest BCUT2D eigenvalue weighted by Crippen LogP contribution is 2.40. The summed E-state index contributed by atoms with van der Waals surface area (Å²) in [5, 5.41) is 9.87. The van der Waals surface area contributed by atoms with Crippen molar-refractivity contribution in [3.05, 3.63) is 21.5 Å². The van der Waals surface area contributed by atoms with Crippen molar-refractivity contribution < 1.29 is 0 Å². The van der Waals surface area contributed by atoms with Crippen LogP contribution in [0.3, 0.4) is 0 Å². The molecule has 0 spiro atoms. The minimum atomic E-state index is 0.326. The van der Waals surface area contributed by atoms with Crippen molar-refractivity contribution in [1.29, 1.82) is 0 Å². The largest absolute Gasteiger partial charge is 0.382 e. The normalized spacial score (nSPS) is 11.3. The van der Waals surface area contributed by atoms with Crippen molar-refractivity contribution in [1.82, 2.24) is 10.2 Å². The Labute approximate surface area is 104 Å². The van der Waals surface area contributed by atoms with Gasteiger partial charge in [0.2, 0.25) is 0 Å². The van der Waals surface area contributed by atoms with Crippen LogP contribution in [-0.4, -0.2) is 10.2 Å². The molecule has 0 aromatic carbocycles. The zero-order valence-electron chi connectivity index (χ0n) is 9.47. The van der Waals surface area contributed by atoms with E-state index in [9.17, 15) is 0 Å². The number of aryl methyl sites for hydroxylation is 1. The molecule has 0 atom stereocenters. The zero-order valence-corrected chi connectivity index (χ0v) is 11.0. The number of thiophene rings is 1. The molecule has 0 saturated carbocycles. The van der Waals surface area contributed by atoms with Crippen LogP contribution in [0.4, 0.5) is 5.82 Å². The molecule has 2 rings (SSSR count). The first-order valence-corrected chi connectivity index (χ1v) is 6.35. The van der Waals surface area contributed by atoms with Crippen molar-refractivity contribution in [3.8, 4) is 10.6 Å². The third-order valence-electron chi connectivity index (χ3n) is 2.54. The predicted molar refractivity (Wildman–Crippen MR) is 70.1 cm³/mol. The molecule has 0 fully saturated rings. The van der Waals surface area contributed by atoms with Gasteiger partial charge in [0.05, 0.1) is 15.6 Å². The van der Waals surface area contributed by atoms with Crippen LogP contribution < -0.4 is 5.73 Å². The van der Waals surface area contributed by atoms with Gasteiger partial charge in [-0.3, -0.25) is 5.10 Å². The Kier molecular flexibility index (Phi) is 2.95. The number of hydrogen-bond donors (Lipinski definition) is 2. The van der Waals surface area contributed by atoms with Gasteiger partial charge in [0.25, 0.3) is 0 Å². The van der Waals surface area contributed by atoms with E-state index in [-0.39, 0.29) is 0 Å². The van der Waals surface area contributed by atoms with Crippen molar-refractivity contribution in [3.63, 3.8) is 0 Å². The number of nitrogens with one attached hydrogen (secondary N) is 1. The van der Waals surface area contributed by atoms with Crippen LogP contribution in [0.25, 0.3) is 10.6 Å². The Balaban J connectivity index is 2.61. The average Bonchev–Trinajstić information content (AvgIpc) is 2.72. The highest BCUT2D eigenvalue weighted by Gasteiger charge is 2.19. The fourth-order valence-electron chi connectivity index (χ4n) is 1.72. The van der Waals surface area contributed by atoms with E-state index in [1.54, 1.807) is 11.3 Å². The molecular weight excluding hydrogens is 242 g/mol. The van der Waals surface area contributed by atoms with Crippen molar-refractivity contribution >= 4 is 28.8 Å². The molecule has 0 unspecified atom stereocenters. The number of aromatic amines is 1. The van der Waals surface area contributed by atoms with E-state index in [1.165, 1.54) is 0 Å². The molecule has 0 aliphatic heterocycles. The fraction of sp³-hybridized carbons (Fsp3) is 0.364. The highest BCUT2D eigenvalue weighted by molar-refractivity contribution is 7.14. The predicted octanol–water partition coefficient (Wildman–Crippen LogP) is 3.81. The van der Waals surface area contributed by atoms with Gasteiger partial charge < -0.3 is 5.73 Å². The van der Waals surface area contributed by atoms with Crippen LogP contribution >= 0.6 is 22.9 Å². The number of H-pyrrole nitrogens is 1. The number of hydrogen-bond acceptors (Lipinski definition) is 3. The Morgan fingerprint density at radius 2 is 2.19 bits per heavy atom. The van der Waals surface area contributed by atoms with E-state index >= 15 is 0 Å². The number of aromatic nitrogens is 2. The van der Waals surface area contributed by atoms with Gasteiger partial charge >= 0.3 is 0 Å². The minimum absolute atomic E-state index is 0.326. The monoisotopic (exact) mass is 255 g/mol. The van der Waals surface area contributed by atoms with Crippen LogP contribution in [-0.2, 0) is 0 Å². The van der Waals surface area contributed by atoms with E-state index in [0.717, 1.165) is 26.7 Å². The Bertz CT molecular complexity index is 513. The zero-order chi connectivity index (χ0) is 11.9. The summed E-state index contributed by atoms with van der Waals surface area (Å²) in [4.78, 5) is 1.02. The lowest BCUT2D eigenvalue weighted by Gasteiger charge is -2.06. The van der Waals surface area contributed by atoms with E-state index in [2.05, 4.69) is 24.0 Å². The van der Waals surface area contributed by atoms with Crippen molar-refractivity contribution in [2.45, 2.75) is 26.7 Å². The molecule has 0 saturated heterocycles. The summed E-state index contributed by atoms with van der Waals surface area (Å²) in [6, 6.07) is 0. The third kappa shape index (κ3) is 1.72. The number of nitrogens with two attached hydrogens (primary N) is 1. The maximum Gasteiger partial charge on any atom is 0.149 e. The Morgan fingerprint density at radius 3 is 2.69 bits per heavy atom. The van der Waals surface area contributed by atoms with Gasteiger partial charge in [0, 0.05) is 5.56 Å². The van der Waals surface area contributed by atoms with Gasteiger partial charge in [-0.25, -0.2) is 0 Å². The van der Waals surface area contributed by atoms with Crippen LogP contribution in [0.5, 0.6) is 0 Å². The van der Waals surface area contributed by atoms with Gasteiger partial charge in [-0.1, -0.05) is 25.4 Å². The average molecular weight is 256 g/mol. The van der Waals surface area contributed by atoms with Gasteiger partial charge in [-0.2, -0.15) is 5.10 Å². The molecule has 3 N–H and O–H groups in total. The molecule has 0 aliphatic carbocycles. The van der Waals surface area contributed by atoms with E-state index < -0.39 is 0 Å².